The van der Waals surface area contributed by atoms with Gasteiger partial charge >= 0.3 is 5.69 Å². The summed E-state index contributed by atoms with van der Waals surface area (Å²) in [4.78, 5) is 11.7. The Labute approximate surface area is 80.8 Å². The van der Waals surface area contributed by atoms with Crippen molar-refractivity contribution >= 4 is 5.65 Å². The Morgan fingerprint density at radius 3 is 3.00 bits per heavy atom. The molecule has 2 rings (SSSR count). The van der Waals surface area contributed by atoms with E-state index in [-0.39, 0.29) is 11.7 Å². The first kappa shape index (κ1) is 8.96. The molecule has 1 atom stereocenters. The molecule has 5 nitrogen and oxygen atoms in total. The molecule has 5 heteroatoms. The van der Waals surface area contributed by atoms with Gasteiger partial charge in [-0.15, -0.1) is 5.10 Å². The number of pyridine rings is 1. The fourth-order valence-corrected chi connectivity index (χ4v) is 1.36. The summed E-state index contributed by atoms with van der Waals surface area (Å²) in [5.74, 6) is 0. The second-order valence-corrected chi connectivity index (χ2v) is 3.37. The Bertz CT molecular complexity index is 497. The van der Waals surface area contributed by atoms with Gasteiger partial charge in [-0.05, 0) is 19.1 Å². The summed E-state index contributed by atoms with van der Waals surface area (Å²) < 4.78 is 2.89. The average Bonchev–Trinajstić information content (AvgIpc) is 2.44. The van der Waals surface area contributed by atoms with Gasteiger partial charge in [0.25, 0.3) is 0 Å². The summed E-state index contributed by atoms with van der Waals surface area (Å²) in [5.41, 5.74) is 6.12. The summed E-state index contributed by atoms with van der Waals surface area (Å²) in [6.07, 6.45) is 1.70. The van der Waals surface area contributed by atoms with Crippen molar-refractivity contribution in [3.05, 3.63) is 34.9 Å². The zero-order valence-electron chi connectivity index (χ0n) is 7.92. The zero-order valence-corrected chi connectivity index (χ0v) is 7.92. The van der Waals surface area contributed by atoms with Crippen molar-refractivity contribution < 1.29 is 0 Å². The molecule has 2 aromatic heterocycles. The van der Waals surface area contributed by atoms with Gasteiger partial charge in [0.1, 0.15) is 0 Å². The van der Waals surface area contributed by atoms with Crippen LogP contribution in [0.3, 0.4) is 0 Å². The number of nitrogens with two attached hydrogens (primary N) is 1. The summed E-state index contributed by atoms with van der Waals surface area (Å²) in [6.45, 7) is 2.29. The van der Waals surface area contributed by atoms with Crippen LogP contribution in [-0.4, -0.2) is 20.2 Å². The van der Waals surface area contributed by atoms with Crippen molar-refractivity contribution in [1.29, 1.82) is 0 Å². The fraction of sp³-hybridized carbons (Fsp3) is 0.333. The maximum absolute atomic E-state index is 11.7. The van der Waals surface area contributed by atoms with Crippen molar-refractivity contribution in [2.45, 2.75) is 19.5 Å². The molecule has 2 aromatic rings. The molecule has 0 unspecified atom stereocenters. The Balaban J connectivity index is 2.57. The zero-order chi connectivity index (χ0) is 10.1. The normalized spacial score (nSPS) is 13.3. The Hall–Kier alpha value is -1.62. The molecule has 0 spiro atoms. The highest BCUT2D eigenvalue weighted by Gasteiger charge is 2.06. The lowest BCUT2D eigenvalue weighted by Crippen LogP contribution is -2.30. The minimum Gasteiger partial charge on any atom is -0.326 e. The largest absolute Gasteiger partial charge is 0.350 e. The van der Waals surface area contributed by atoms with Gasteiger partial charge < -0.3 is 5.73 Å². The third-order valence-corrected chi connectivity index (χ3v) is 1.95. The fourth-order valence-electron chi connectivity index (χ4n) is 1.36. The summed E-state index contributed by atoms with van der Waals surface area (Å²) in [7, 11) is 0. The summed E-state index contributed by atoms with van der Waals surface area (Å²) in [5, 5.41) is 4.14. The van der Waals surface area contributed by atoms with Gasteiger partial charge in [0.15, 0.2) is 5.65 Å². The highest BCUT2D eigenvalue weighted by atomic mass is 16.2. The first-order chi connectivity index (χ1) is 6.68. The molecule has 0 saturated carbocycles. The molecular weight excluding hydrogens is 180 g/mol. The molecule has 0 bridgehead atoms. The molecule has 0 aromatic carbocycles. The van der Waals surface area contributed by atoms with Crippen LogP contribution in [0, 0.1) is 0 Å². The van der Waals surface area contributed by atoms with E-state index in [2.05, 4.69) is 5.10 Å². The van der Waals surface area contributed by atoms with Gasteiger partial charge in [0.2, 0.25) is 0 Å². The third-order valence-electron chi connectivity index (χ3n) is 1.95. The molecule has 0 aliphatic carbocycles. The minimum atomic E-state index is -0.141. The van der Waals surface area contributed by atoms with Crippen molar-refractivity contribution in [3.63, 3.8) is 0 Å². The van der Waals surface area contributed by atoms with Crippen LogP contribution in [0.25, 0.3) is 5.65 Å². The van der Waals surface area contributed by atoms with Crippen LogP contribution >= 0.6 is 0 Å². The molecule has 14 heavy (non-hydrogen) atoms. The lowest BCUT2D eigenvalue weighted by Gasteiger charge is -2.01. The van der Waals surface area contributed by atoms with E-state index in [0.717, 1.165) is 0 Å². The summed E-state index contributed by atoms with van der Waals surface area (Å²) in [6, 6.07) is 5.36. The van der Waals surface area contributed by atoms with Crippen molar-refractivity contribution in [2.24, 2.45) is 5.73 Å². The SMILES string of the molecule is C[C@@H](N)Cn1nc2ccccn2c1=O. The first-order valence-corrected chi connectivity index (χ1v) is 4.48. The molecule has 2 N–H and O–H groups in total. The maximum atomic E-state index is 11.7. The van der Waals surface area contributed by atoms with Gasteiger partial charge in [-0.3, -0.25) is 4.40 Å². The maximum Gasteiger partial charge on any atom is 0.350 e. The van der Waals surface area contributed by atoms with E-state index in [1.807, 2.05) is 13.0 Å². The van der Waals surface area contributed by atoms with Crippen molar-refractivity contribution in [3.8, 4) is 0 Å². The lowest BCUT2D eigenvalue weighted by molar-refractivity contribution is 0.523. The molecule has 0 aliphatic heterocycles. The standard InChI is InChI=1S/C9H12N4O/c1-7(10)6-13-9(14)12-5-3-2-4-8(12)11-13/h2-5,7H,6,10H2,1H3/t7-/m1/s1. The number of hydrogen-bond acceptors (Lipinski definition) is 3. The van der Waals surface area contributed by atoms with E-state index >= 15 is 0 Å². The van der Waals surface area contributed by atoms with E-state index in [4.69, 9.17) is 5.73 Å². The van der Waals surface area contributed by atoms with Crippen LogP contribution in [-0.2, 0) is 6.54 Å². The molecular formula is C9H12N4O. The lowest BCUT2D eigenvalue weighted by atomic mass is 10.4. The predicted octanol–water partition coefficient (Wildman–Crippen LogP) is -0.157. The monoisotopic (exact) mass is 192 g/mol. The van der Waals surface area contributed by atoms with Crippen LogP contribution < -0.4 is 11.4 Å². The highest BCUT2D eigenvalue weighted by Crippen LogP contribution is 1.95. The third kappa shape index (κ3) is 1.42. The predicted molar refractivity (Wildman–Crippen MR) is 53.1 cm³/mol. The number of rotatable bonds is 2. The van der Waals surface area contributed by atoms with Crippen LogP contribution in [0.15, 0.2) is 29.2 Å². The number of hydrogen-bond donors (Lipinski definition) is 1. The number of fused-ring (bicyclic) bond motifs is 1. The topological polar surface area (TPSA) is 65.3 Å². The van der Waals surface area contributed by atoms with Crippen molar-refractivity contribution in [2.75, 3.05) is 0 Å². The van der Waals surface area contributed by atoms with Crippen LogP contribution in [0.1, 0.15) is 6.92 Å². The quantitative estimate of drug-likeness (QED) is 0.719. The molecule has 0 fully saturated rings. The molecule has 0 radical (unpaired) electrons. The Morgan fingerprint density at radius 1 is 1.57 bits per heavy atom. The first-order valence-electron chi connectivity index (χ1n) is 4.48. The summed E-state index contributed by atoms with van der Waals surface area (Å²) >= 11 is 0. The second-order valence-electron chi connectivity index (χ2n) is 3.37. The van der Waals surface area contributed by atoms with E-state index in [9.17, 15) is 4.79 Å². The number of nitrogens with zero attached hydrogens (tertiary/aromatic N) is 3. The molecule has 2 heterocycles. The molecule has 0 amide bonds. The van der Waals surface area contributed by atoms with E-state index in [1.165, 1.54) is 9.08 Å². The van der Waals surface area contributed by atoms with E-state index in [1.54, 1.807) is 18.3 Å². The Kier molecular flexibility index (Phi) is 2.09. The van der Waals surface area contributed by atoms with Crippen molar-refractivity contribution in [1.82, 2.24) is 14.2 Å². The van der Waals surface area contributed by atoms with Crippen LogP contribution in [0.4, 0.5) is 0 Å². The van der Waals surface area contributed by atoms with E-state index < -0.39 is 0 Å². The van der Waals surface area contributed by atoms with Gasteiger partial charge in [-0.2, -0.15) is 0 Å². The highest BCUT2D eigenvalue weighted by molar-refractivity contribution is 5.35. The molecule has 0 saturated heterocycles. The molecule has 0 aliphatic rings. The minimum absolute atomic E-state index is 0.0717. The second kappa shape index (κ2) is 3.26. The van der Waals surface area contributed by atoms with Gasteiger partial charge in [-0.1, -0.05) is 6.07 Å². The van der Waals surface area contributed by atoms with Gasteiger partial charge in [0.05, 0.1) is 6.54 Å². The smallest absolute Gasteiger partial charge is 0.326 e. The Morgan fingerprint density at radius 2 is 2.36 bits per heavy atom. The van der Waals surface area contributed by atoms with E-state index in [0.29, 0.717) is 12.2 Å². The number of aromatic nitrogens is 3. The van der Waals surface area contributed by atoms with Crippen LogP contribution in [0.5, 0.6) is 0 Å². The van der Waals surface area contributed by atoms with Crippen LogP contribution in [0.2, 0.25) is 0 Å². The average molecular weight is 192 g/mol. The van der Waals surface area contributed by atoms with Gasteiger partial charge in [-0.25, -0.2) is 9.48 Å². The molecule has 74 valence electrons. The van der Waals surface area contributed by atoms with Gasteiger partial charge in [0, 0.05) is 12.2 Å².